The van der Waals surface area contributed by atoms with Gasteiger partial charge in [0.1, 0.15) is 12.4 Å². The SMILES string of the molecule is c1cncc(OCc2cncc3c2CCN(CC2CC2)C3)c1. The van der Waals surface area contributed by atoms with Gasteiger partial charge in [-0.3, -0.25) is 14.9 Å². The number of ether oxygens (including phenoxy) is 1. The van der Waals surface area contributed by atoms with Crippen LogP contribution in [0.4, 0.5) is 0 Å². The fraction of sp³-hybridized carbons (Fsp3) is 0.444. The van der Waals surface area contributed by atoms with Crippen molar-refractivity contribution in [1.29, 1.82) is 0 Å². The van der Waals surface area contributed by atoms with Crippen molar-refractivity contribution in [3.63, 3.8) is 0 Å². The zero-order chi connectivity index (χ0) is 14.8. The van der Waals surface area contributed by atoms with E-state index in [1.807, 2.05) is 24.5 Å². The zero-order valence-corrected chi connectivity index (χ0v) is 12.7. The molecule has 2 aromatic heterocycles. The second-order valence-electron chi connectivity index (χ2n) is 6.34. The van der Waals surface area contributed by atoms with Crippen LogP contribution in [0, 0.1) is 5.92 Å². The number of hydrogen-bond acceptors (Lipinski definition) is 4. The standard InChI is InChI=1S/C18H21N3O/c1-2-17(10-19-6-1)22-13-16-9-20-8-15-12-21(7-5-18(15)16)11-14-3-4-14/h1-2,6,8-10,14H,3-5,7,11-13H2. The summed E-state index contributed by atoms with van der Waals surface area (Å²) < 4.78 is 5.84. The predicted molar refractivity (Wildman–Crippen MR) is 84.5 cm³/mol. The van der Waals surface area contributed by atoms with Crippen LogP contribution in [-0.4, -0.2) is 28.0 Å². The lowest BCUT2D eigenvalue weighted by molar-refractivity contribution is 0.240. The summed E-state index contributed by atoms with van der Waals surface area (Å²) in [5.74, 6) is 1.76. The molecule has 0 unspecified atom stereocenters. The third-order valence-electron chi connectivity index (χ3n) is 4.55. The Balaban J connectivity index is 1.45. The molecule has 1 aliphatic carbocycles. The van der Waals surface area contributed by atoms with E-state index in [-0.39, 0.29) is 0 Å². The maximum atomic E-state index is 5.84. The highest BCUT2D eigenvalue weighted by Crippen LogP contribution is 2.32. The summed E-state index contributed by atoms with van der Waals surface area (Å²) in [6.45, 7) is 4.04. The fourth-order valence-electron chi connectivity index (χ4n) is 3.17. The quantitative estimate of drug-likeness (QED) is 0.850. The number of pyridine rings is 2. The van der Waals surface area contributed by atoms with Gasteiger partial charge in [-0.1, -0.05) is 0 Å². The molecule has 4 heteroatoms. The van der Waals surface area contributed by atoms with Crippen LogP contribution in [0.25, 0.3) is 0 Å². The predicted octanol–water partition coefficient (Wildman–Crippen LogP) is 2.82. The molecule has 0 aromatic carbocycles. The molecule has 22 heavy (non-hydrogen) atoms. The average molecular weight is 295 g/mol. The normalized spacial score (nSPS) is 18.0. The van der Waals surface area contributed by atoms with Gasteiger partial charge in [0.15, 0.2) is 0 Å². The molecule has 0 spiro atoms. The van der Waals surface area contributed by atoms with Crippen molar-refractivity contribution in [1.82, 2.24) is 14.9 Å². The second-order valence-corrected chi connectivity index (χ2v) is 6.34. The molecule has 1 aliphatic heterocycles. The number of fused-ring (bicyclic) bond motifs is 1. The summed E-state index contributed by atoms with van der Waals surface area (Å²) >= 11 is 0. The highest BCUT2D eigenvalue weighted by Gasteiger charge is 2.27. The molecule has 1 fully saturated rings. The van der Waals surface area contributed by atoms with Gasteiger partial charge in [-0.15, -0.1) is 0 Å². The molecule has 0 saturated heterocycles. The first kappa shape index (κ1) is 13.7. The lowest BCUT2D eigenvalue weighted by Gasteiger charge is -2.29. The van der Waals surface area contributed by atoms with Crippen LogP contribution < -0.4 is 4.74 Å². The van der Waals surface area contributed by atoms with Crippen LogP contribution in [0.5, 0.6) is 5.75 Å². The second kappa shape index (κ2) is 6.05. The third kappa shape index (κ3) is 3.12. The van der Waals surface area contributed by atoms with E-state index in [0.29, 0.717) is 6.61 Å². The first-order chi connectivity index (χ1) is 10.9. The van der Waals surface area contributed by atoms with E-state index < -0.39 is 0 Å². The lowest BCUT2D eigenvalue weighted by atomic mass is 9.97. The van der Waals surface area contributed by atoms with E-state index in [0.717, 1.165) is 31.2 Å². The van der Waals surface area contributed by atoms with Crippen molar-refractivity contribution in [2.45, 2.75) is 32.4 Å². The van der Waals surface area contributed by atoms with Crippen LogP contribution in [-0.2, 0) is 19.6 Å². The molecule has 1 saturated carbocycles. The van der Waals surface area contributed by atoms with Gasteiger partial charge in [0.25, 0.3) is 0 Å². The summed E-state index contributed by atoms with van der Waals surface area (Å²) in [7, 11) is 0. The van der Waals surface area contributed by atoms with Crippen molar-refractivity contribution in [3.05, 3.63) is 53.6 Å². The Bertz CT molecular complexity index is 640. The van der Waals surface area contributed by atoms with E-state index in [2.05, 4.69) is 14.9 Å². The molecule has 2 aliphatic rings. The molecule has 4 rings (SSSR count). The molecule has 0 N–H and O–H groups in total. The van der Waals surface area contributed by atoms with Gasteiger partial charge in [0.05, 0.1) is 6.20 Å². The fourth-order valence-corrected chi connectivity index (χ4v) is 3.17. The minimum absolute atomic E-state index is 0.574. The monoisotopic (exact) mass is 295 g/mol. The Morgan fingerprint density at radius 3 is 2.95 bits per heavy atom. The summed E-state index contributed by atoms with van der Waals surface area (Å²) in [6, 6.07) is 3.83. The van der Waals surface area contributed by atoms with E-state index in [9.17, 15) is 0 Å². The Kier molecular flexibility index (Phi) is 3.77. The molecule has 0 atom stereocenters. The maximum absolute atomic E-state index is 5.84. The largest absolute Gasteiger partial charge is 0.487 e. The summed E-state index contributed by atoms with van der Waals surface area (Å²) in [6.07, 6.45) is 11.4. The summed E-state index contributed by atoms with van der Waals surface area (Å²) in [4.78, 5) is 11.1. The van der Waals surface area contributed by atoms with Crippen LogP contribution in [0.2, 0.25) is 0 Å². The van der Waals surface area contributed by atoms with Gasteiger partial charge in [0, 0.05) is 43.8 Å². The molecule has 114 valence electrons. The first-order valence-electron chi connectivity index (χ1n) is 8.08. The van der Waals surface area contributed by atoms with E-state index in [1.54, 1.807) is 12.4 Å². The van der Waals surface area contributed by atoms with Crippen LogP contribution in [0.15, 0.2) is 36.9 Å². The highest BCUT2D eigenvalue weighted by molar-refractivity contribution is 5.34. The first-order valence-corrected chi connectivity index (χ1v) is 8.08. The van der Waals surface area contributed by atoms with E-state index in [1.165, 1.54) is 36.1 Å². The lowest BCUT2D eigenvalue weighted by Crippen LogP contribution is -2.33. The molecule has 0 amide bonds. The van der Waals surface area contributed by atoms with Crippen molar-refractivity contribution in [2.75, 3.05) is 13.1 Å². The van der Waals surface area contributed by atoms with Gasteiger partial charge in [-0.2, -0.15) is 0 Å². The van der Waals surface area contributed by atoms with Crippen molar-refractivity contribution in [2.24, 2.45) is 5.92 Å². The van der Waals surface area contributed by atoms with Gasteiger partial charge in [0.2, 0.25) is 0 Å². The summed E-state index contributed by atoms with van der Waals surface area (Å²) in [5.41, 5.74) is 4.03. The zero-order valence-electron chi connectivity index (χ0n) is 12.7. The molecule has 3 heterocycles. The third-order valence-corrected chi connectivity index (χ3v) is 4.55. The Hall–Kier alpha value is -1.94. The van der Waals surface area contributed by atoms with Crippen LogP contribution >= 0.6 is 0 Å². The number of hydrogen-bond donors (Lipinski definition) is 0. The maximum Gasteiger partial charge on any atom is 0.138 e. The average Bonchev–Trinajstić information content (AvgIpc) is 3.37. The highest BCUT2D eigenvalue weighted by atomic mass is 16.5. The van der Waals surface area contributed by atoms with Crippen LogP contribution in [0.1, 0.15) is 29.5 Å². The minimum Gasteiger partial charge on any atom is -0.487 e. The summed E-state index contributed by atoms with van der Waals surface area (Å²) in [5, 5.41) is 0. The minimum atomic E-state index is 0.574. The molecular weight excluding hydrogens is 274 g/mol. The Labute approximate surface area is 131 Å². The molecule has 2 aromatic rings. The van der Waals surface area contributed by atoms with E-state index in [4.69, 9.17) is 4.74 Å². The van der Waals surface area contributed by atoms with Gasteiger partial charge < -0.3 is 4.74 Å². The van der Waals surface area contributed by atoms with Gasteiger partial charge in [-0.25, -0.2) is 0 Å². The van der Waals surface area contributed by atoms with E-state index >= 15 is 0 Å². The molecule has 4 nitrogen and oxygen atoms in total. The van der Waals surface area contributed by atoms with Gasteiger partial charge >= 0.3 is 0 Å². The van der Waals surface area contributed by atoms with Crippen molar-refractivity contribution < 1.29 is 4.74 Å². The smallest absolute Gasteiger partial charge is 0.138 e. The Morgan fingerprint density at radius 2 is 2.14 bits per heavy atom. The van der Waals surface area contributed by atoms with Crippen molar-refractivity contribution in [3.8, 4) is 5.75 Å². The van der Waals surface area contributed by atoms with Gasteiger partial charge in [-0.05, 0) is 48.4 Å². The topological polar surface area (TPSA) is 38.3 Å². The molecule has 0 radical (unpaired) electrons. The van der Waals surface area contributed by atoms with Crippen molar-refractivity contribution >= 4 is 0 Å². The van der Waals surface area contributed by atoms with Crippen LogP contribution in [0.3, 0.4) is 0 Å². The number of nitrogens with zero attached hydrogens (tertiary/aromatic N) is 3. The number of aromatic nitrogens is 2. The molecule has 0 bridgehead atoms. The Morgan fingerprint density at radius 1 is 1.18 bits per heavy atom. The number of rotatable bonds is 5. The molecular formula is C18H21N3O.